The normalized spacial score (nSPS) is 11.2. The summed E-state index contributed by atoms with van der Waals surface area (Å²) >= 11 is 9.37. The van der Waals surface area contributed by atoms with Gasteiger partial charge in [0.25, 0.3) is 11.1 Å². The fraction of sp³-hybridized carbons (Fsp3) is 0.0625. The third-order valence-corrected chi connectivity index (χ3v) is 5.36. The Kier molecular flexibility index (Phi) is 4.03. The molecule has 0 amide bonds. The predicted octanol–water partition coefficient (Wildman–Crippen LogP) is 5.29. The Hall–Kier alpha value is -1.89. The van der Waals surface area contributed by atoms with Gasteiger partial charge in [0, 0.05) is 27.9 Å². The number of thiophene rings is 1. The van der Waals surface area contributed by atoms with Crippen LogP contribution in [0.4, 0.5) is 0 Å². The summed E-state index contributed by atoms with van der Waals surface area (Å²) in [6.07, 6.45) is 1.77. The Morgan fingerprint density at radius 3 is 2.96 bits per heavy atom. The van der Waals surface area contributed by atoms with Gasteiger partial charge in [0.15, 0.2) is 0 Å². The van der Waals surface area contributed by atoms with Crippen molar-refractivity contribution in [3.05, 3.63) is 58.6 Å². The van der Waals surface area contributed by atoms with Crippen LogP contribution >= 0.6 is 34.7 Å². The van der Waals surface area contributed by atoms with E-state index in [0.29, 0.717) is 21.9 Å². The molecule has 0 saturated carbocycles. The molecule has 1 aromatic carbocycles. The summed E-state index contributed by atoms with van der Waals surface area (Å²) in [5, 5.41) is 12.4. The van der Waals surface area contributed by atoms with E-state index in [1.54, 1.807) is 17.5 Å². The molecule has 0 aliphatic rings. The summed E-state index contributed by atoms with van der Waals surface area (Å²) in [6.45, 7) is 0. The summed E-state index contributed by atoms with van der Waals surface area (Å²) in [5.74, 6) is 1.17. The van der Waals surface area contributed by atoms with Crippen LogP contribution in [0.25, 0.3) is 21.7 Å². The molecular weight excluding hydrogens is 350 g/mol. The van der Waals surface area contributed by atoms with Crippen LogP contribution in [0.2, 0.25) is 5.02 Å². The number of rotatable bonds is 4. The number of pyridine rings is 1. The first-order valence-corrected chi connectivity index (χ1v) is 9.08. The lowest BCUT2D eigenvalue weighted by Crippen LogP contribution is -1.89. The topological polar surface area (TPSA) is 51.8 Å². The highest BCUT2D eigenvalue weighted by Crippen LogP contribution is 2.32. The Balaban J connectivity index is 1.59. The SMILES string of the molecule is Clc1ccc2cccnc2c1CSc1nnc(-c2cccs2)o1. The number of aromatic nitrogens is 3. The summed E-state index contributed by atoms with van der Waals surface area (Å²) in [4.78, 5) is 5.40. The van der Waals surface area contributed by atoms with E-state index in [4.69, 9.17) is 16.0 Å². The first kappa shape index (κ1) is 14.7. The standard InChI is InChI=1S/C16H10ClN3OS2/c17-12-6-5-10-3-1-7-18-14(10)11(12)9-23-16-20-19-15(21-16)13-4-2-8-22-13/h1-8H,9H2. The maximum absolute atomic E-state index is 6.34. The molecule has 0 aliphatic heterocycles. The van der Waals surface area contributed by atoms with Gasteiger partial charge in [0.2, 0.25) is 0 Å². The summed E-state index contributed by atoms with van der Waals surface area (Å²) < 4.78 is 5.69. The molecule has 4 aromatic rings. The second kappa shape index (κ2) is 6.31. The van der Waals surface area contributed by atoms with Crippen molar-refractivity contribution >= 4 is 45.6 Å². The number of nitrogens with zero attached hydrogens (tertiary/aromatic N) is 3. The Labute approximate surface area is 145 Å². The number of hydrogen-bond acceptors (Lipinski definition) is 6. The van der Waals surface area contributed by atoms with Crippen molar-refractivity contribution in [2.75, 3.05) is 0 Å². The Bertz CT molecular complexity index is 953. The third kappa shape index (κ3) is 2.97. The lowest BCUT2D eigenvalue weighted by molar-refractivity contribution is 0.467. The zero-order valence-electron chi connectivity index (χ0n) is 11.8. The maximum atomic E-state index is 6.34. The van der Waals surface area contributed by atoms with Gasteiger partial charge in [-0.1, -0.05) is 41.6 Å². The molecule has 23 heavy (non-hydrogen) atoms. The van der Waals surface area contributed by atoms with Crippen LogP contribution in [0.5, 0.6) is 0 Å². The molecule has 0 atom stereocenters. The van der Waals surface area contributed by atoms with E-state index in [0.717, 1.165) is 21.3 Å². The van der Waals surface area contributed by atoms with E-state index in [1.807, 2.05) is 41.8 Å². The molecule has 0 spiro atoms. The maximum Gasteiger partial charge on any atom is 0.277 e. The van der Waals surface area contributed by atoms with Gasteiger partial charge in [0.1, 0.15) is 0 Å². The second-order valence-electron chi connectivity index (χ2n) is 4.74. The minimum Gasteiger partial charge on any atom is -0.410 e. The fourth-order valence-electron chi connectivity index (χ4n) is 2.22. The molecule has 0 radical (unpaired) electrons. The van der Waals surface area contributed by atoms with Gasteiger partial charge in [-0.2, -0.15) is 0 Å². The molecule has 4 nitrogen and oxygen atoms in total. The summed E-state index contributed by atoms with van der Waals surface area (Å²) in [5.41, 5.74) is 1.89. The van der Waals surface area contributed by atoms with Crippen molar-refractivity contribution in [3.8, 4) is 10.8 Å². The smallest absolute Gasteiger partial charge is 0.277 e. The van der Waals surface area contributed by atoms with E-state index >= 15 is 0 Å². The largest absolute Gasteiger partial charge is 0.410 e. The molecule has 0 aliphatic carbocycles. The van der Waals surface area contributed by atoms with Gasteiger partial charge in [-0.05, 0) is 23.6 Å². The molecule has 0 unspecified atom stereocenters. The van der Waals surface area contributed by atoms with Gasteiger partial charge < -0.3 is 4.42 Å². The van der Waals surface area contributed by atoms with Crippen LogP contribution in [0.15, 0.2) is 57.6 Å². The highest BCUT2D eigenvalue weighted by Gasteiger charge is 2.13. The van der Waals surface area contributed by atoms with Crippen LogP contribution in [0, 0.1) is 0 Å². The quantitative estimate of drug-likeness (QED) is 0.463. The van der Waals surface area contributed by atoms with Crippen molar-refractivity contribution in [1.29, 1.82) is 0 Å². The zero-order valence-corrected chi connectivity index (χ0v) is 14.2. The number of thioether (sulfide) groups is 1. The lowest BCUT2D eigenvalue weighted by atomic mass is 10.1. The van der Waals surface area contributed by atoms with Gasteiger partial charge in [-0.15, -0.1) is 21.5 Å². The van der Waals surface area contributed by atoms with Crippen LogP contribution in [0.3, 0.4) is 0 Å². The van der Waals surface area contributed by atoms with Crippen molar-refractivity contribution in [2.24, 2.45) is 0 Å². The van der Waals surface area contributed by atoms with Crippen molar-refractivity contribution < 1.29 is 4.42 Å². The van der Waals surface area contributed by atoms with Gasteiger partial charge in [-0.3, -0.25) is 4.98 Å². The van der Waals surface area contributed by atoms with Crippen LogP contribution < -0.4 is 0 Å². The van der Waals surface area contributed by atoms with Gasteiger partial charge >= 0.3 is 0 Å². The van der Waals surface area contributed by atoms with E-state index in [-0.39, 0.29) is 0 Å². The highest BCUT2D eigenvalue weighted by atomic mass is 35.5. The summed E-state index contributed by atoms with van der Waals surface area (Å²) in [6, 6.07) is 11.7. The Morgan fingerprint density at radius 1 is 1.13 bits per heavy atom. The molecule has 0 saturated heterocycles. The Morgan fingerprint density at radius 2 is 2.09 bits per heavy atom. The number of hydrogen-bond donors (Lipinski definition) is 0. The number of benzene rings is 1. The molecule has 7 heteroatoms. The first-order chi connectivity index (χ1) is 11.3. The van der Waals surface area contributed by atoms with E-state index in [2.05, 4.69) is 15.2 Å². The van der Waals surface area contributed by atoms with E-state index < -0.39 is 0 Å². The molecule has 3 aromatic heterocycles. The van der Waals surface area contributed by atoms with E-state index in [9.17, 15) is 0 Å². The number of halogens is 1. The monoisotopic (exact) mass is 359 g/mol. The minimum atomic E-state index is 0.525. The molecular formula is C16H10ClN3OS2. The molecule has 114 valence electrons. The van der Waals surface area contributed by atoms with Crippen LogP contribution in [-0.2, 0) is 5.75 Å². The van der Waals surface area contributed by atoms with Gasteiger partial charge in [-0.25, -0.2) is 0 Å². The lowest BCUT2D eigenvalue weighted by Gasteiger charge is -2.06. The first-order valence-electron chi connectivity index (χ1n) is 6.83. The predicted molar refractivity (Wildman–Crippen MR) is 93.9 cm³/mol. The molecule has 0 bridgehead atoms. The van der Waals surface area contributed by atoms with Crippen LogP contribution in [-0.4, -0.2) is 15.2 Å². The molecule has 0 fully saturated rings. The second-order valence-corrected chi connectivity index (χ2v) is 7.02. The van der Waals surface area contributed by atoms with Crippen molar-refractivity contribution in [1.82, 2.24) is 15.2 Å². The fourth-order valence-corrected chi connectivity index (χ4v) is 3.96. The zero-order chi connectivity index (χ0) is 15.6. The van der Waals surface area contributed by atoms with E-state index in [1.165, 1.54) is 11.8 Å². The highest BCUT2D eigenvalue weighted by molar-refractivity contribution is 7.98. The average Bonchev–Trinajstić information content (AvgIpc) is 3.25. The molecule has 4 rings (SSSR count). The average molecular weight is 360 g/mol. The summed E-state index contributed by atoms with van der Waals surface area (Å²) in [7, 11) is 0. The molecule has 0 N–H and O–H groups in total. The van der Waals surface area contributed by atoms with Crippen molar-refractivity contribution in [3.63, 3.8) is 0 Å². The number of fused-ring (bicyclic) bond motifs is 1. The third-order valence-electron chi connectivity index (χ3n) is 3.30. The minimum absolute atomic E-state index is 0.525. The van der Waals surface area contributed by atoms with Crippen molar-refractivity contribution in [2.45, 2.75) is 11.0 Å². The molecule has 3 heterocycles. The van der Waals surface area contributed by atoms with Crippen LogP contribution in [0.1, 0.15) is 5.56 Å². The van der Waals surface area contributed by atoms with Gasteiger partial charge in [0.05, 0.1) is 10.4 Å².